The molecule has 0 aliphatic carbocycles. The van der Waals surface area contributed by atoms with Crippen molar-refractivity contribution in [3.63, 3.8) is 0 Å². The first-order chi connectivity index (χ1) is 6.06. The van der Waals surface area contributed by atoms with Gasteiger partial charge in [0.15, 0.2) is 0 Å². The van der Waals surface area contributed by atoms with E-state index in [4.69, 9.17) is 11.6 Å². The Labute approximate surface area is 91.4 Å². The number of hydrogen-bond acceptors (Lipinski definition) is 1. The van der Waals surface area contributed by atoms with E-state index in [1.165, 1.54) is 0 Å². The molecule has 1 nitrogen and oxygen atoms in total. The number of aromatic nitrogens is 1. The highest BCUT2D eigenvalue weighted by Crippen LogP contribution is 2.25. The maximum absolute atomic E-state index is 12.8. The van der Waals surface area contributed by atoms with E-state index in [0.29, 0.717) is 0 Å². The second-order valence-corrected chi connectivity index (χ2v) is 3.66. The molecule has 0 amide bonds. The number of nitrogens with zero attached hydrogens (tertiary/aromatic N) is 1. The summed E-state index contributed by atoms with van der Waals surface area (Å²) in [5.41, 5.74) is -0.407. The summed E-state index contributed by atoms with van der Waals surface area (Å²) in [6.45, 7) is 0. The molecule has 0 aromatic carbocycles. The third kappa shape index (κ3) is 2.46. The van der Waals surface area contributed by atoms with Crippen LogP contribution in [-0.2, 0) is 5.88 Å². The third-order valence-corrected chi connectivity index (χ3v) is 2.42. The molecule has 0 saturated heterocycles. The van der Waals surface area contributed by atoms with Gasteiger partial charge in [-0.25, -0.2) is 13.8 Å². The van der Waals surface area contributed by atoms with Gasteiger partial charge in [-0.05, 0) is 28.7 Å². The molecule has 0 N–H and O–H groups in total. The van der Waals surface area contributed by atoms with Crippen molar-refractivity contribution in [3.05, 3.63) is 26.8 Å². The van der Waals surface area contributed by atoms with Crippen molar-refractivity contribution in [2.75, 3.05) is 0 Å². The monoisotopic (exact) mass is 321 g/mol. The van der Waals surface area contributed by atoms with E-state index in [-0.39, 0.29) is 20.7 Å². The molecule has 0 radical (unpaired) electrons. The van der Waals surface area contributed by atoms with Crippen LogP contribution >= 0.6 is 34.2 Å². The number of pyridine rings is 1. The molecule has 13 heavy (non-hydrogen) atoms. The molecule has 1 heterocycles. The highest BCUT2D eigenvalue weighted by atomic mass is 127. The maximum atomic E-state index is 12.8. The molecule has 0 spiro atoms. The van der Waals surface area contributed by atoms with Crippen LogP contribution in [0.5, 0.6) is 0 Å². The second kappa shape index (κ2) is 4.45. The lowest BCUT2D eigenvalue weighted by atomic mass is 10.2. The molecule has 0 atom stereocenters. The lowest BCUT2D eigenvalue weighted by Gasteiger charge is -2.05. The minimum atomic E-state index is -2.67. The highest BCUT2D eigenvalue weighted by molar-refractivity contribution is 14.1. The van der Waals surface area contributed by atoms with E-state index in [9.17, 15) is 13.2 Å². The molecule has 0 bridgehead atoms. The van der Waals surface area contributed by atoms with E-state index >= 15 is 0 Å². The van der Waals surface area contributed by atoms with Gasteiger partial charge in [0.05, 0.1) is 15.1 Å². The minimum absolute atomic E-state index is 0.0711. The van der Waals surface area contributed by atoms with Gasteiger partial charge in [0.1, 0.15) is 0 Å². The predicted molar refractivity (Wildman–Crippen MR) is 51.4 cm³/mol. The first kappa shape index (κ1) is 11.0. The van der Waals surface area contributed by atoms with Crippen LogP contribution in [0.3, 0.4) is 0 Å². The summed E-state index contributed by atoms with van der Waals surface area (Å²) in [6.07, 6.45) is -2.67. The number of halogens is 5. The van der Waals surface area contributed by atoms with Crippen LogP contribution in [0.2, 0.25) is 0 Å². The van der Waals surface area contributed by atoms with E-state index in [1.807, 2.05) is 0 Å². The minimum Gasteiger partial charge on any atom is -0.222 e. The Balaban J connectivity index is 3.25. The van der Waals surface area contributed by atoms with Crippen LogP contribution in [0.15, 0.2) is 6.07 Å². The van der Waals surface area contributed by atoms with E-state index in [2.05, 4.69) is 4.98 Å². The van der Waals surface area contributed by atoms with Crippen LogP contribution in [0.4, 0.5) is 13.2 Å². The summed E-state index contributed by atoms with van der Waals surface area (Å²) in [4.78, 5) is 3.33. The zero-order valence-corrected chi connectivity index (χ0v) is 9.11. The summed E-state index contributed by atoms with van der Waals surface area (Å²) in [5.74, 6) is -0.978. The zero-order chi connectivity index (χ0) is 10.0. The molecule has 0 unspecified atom stereocenters. The van der Waals surface area contributed by atoms with Crippen molar-refractivity contribution in [1.82, 2.24) is 4.98 Å². The number of rotatable bonds is 2. The Bertz CT molecular complexity index is 319. The molecule has 1 aromatic heterocycles. The lowest BCUT2D eigenvalue weighted by Crippen LogP contribution is -2.01. The lowest BCUT2D eigenvalue weighted by molar-refractivity contribution is 0.149. The summed E-state index contributed by atoms with van der Waals surface area (Å²) in [5, 5.41) is 0. The van der Waals surface area contributed by atoms with Crippen LogP contribution in [0, 0.1) is 9.52 Å². The fourth-order valence-electron chi connectivity index (χ4n) is 0.812. The van der Waals surface area contributed by atoms with Crippen molar-refractivity contribution in [2.24, 2.45) is 0 Å². The van der Waals surface area contributed by atoms with Crippen LogP contribution in [-0.4, -0.2) is 4.98 Å². The molecule has 1 aromatic rings. The Kier molecular flexibility index (Phi) is 3.78. The third-order valence-electron chi connectivity index (χ3n) is 1.41. The average molecular weight is 321 g/mol. The Morgan fingerprint density at radius 1 is 1.54 bits per heavy atom. The first-order valence-corrected chi connectivity index (χ1v) is 4.86. The van der Waals surface area contributed by atoms with Crippen molar-refractivity contribution in [3.8, 4) is 0 Å². The summed E-state index contributed by atoms with van der Waals surface area (Å²) in [6, 6.07) is 1.06. The van der Waals surface area contributed by atoms with E-state index < -0.39 is 12.4 Å². The largest absolute Gasteiger partial charge is 0.265 e. The molecule has 1 rings (SSSR count). The van der Waals surface area contributed by atoms with Crippen molar-refractivity contribution < 1.29 is 13.2 Å². The molecule has 6 heteroatoms. The number of alkyl halides is 3. The Morgan fingerprint density at radius 2 is 2.15 bits per heavy atom. The van der Waals surface area contributed by atoms with Crippen LogP contribution in [0.25, 0.3) is 0 Å². The first-order valence-electron chi connectivity index (χ1n) is 3.25. The van der Waals surface area contributed by atoms with Gasteiger partial charge in [0.2, 0.25) is 5.95 Å². The predicted octanol–water partition coefficient (Wildman–Crippen LogP) is 3.50. The van der Waals surface area contributed by atoms with Gasteiger partial charge in [0.25, 0.3) is 6.43 Å². The molecule has 0 aliphatic rings. The molecule has 0 saturated carbocycles. The molecule has 0 aliphatic heterocycles. The second-order valence-electron chi connectivity index (χ2n) is 2.23. The van der Waals surface area contributed by atoms with Gasteiger partial charge in [-0.3, -0.25) is 0 Å². The molecule has 72 valence electrons. The average Bonchev–Trinajstić information content (AvgIpc) is 2.08. The number of hydrogen-bond donors (Lipinski definition) is 0. The van der Waals surface area contributed by atoms with Crippen molar-refractivity contribution in [2.45, 2.75) is 12.3 Å². The summed E-state index contributed by atoms with van der Waals surface area (Å²) in [7, 11) is 0. The quantitative estimate of drug-likeness (QED) is 0.461. The fourth-order valence-corrected chi connectivity index (χ4v) is 1.48. The van der Waals surface area contributed by atoms with Gasteiger partial charge < -0.3 is 0 Å². The Hall–Kier alpha value is -0.0400. The molecule has 0 fully saturated rings. The highest BCUT2D eigenvalue weighted by Gasteiger charge is 2.16. The van der Waals surface area contributed by atoms with E-state index in [1.54, 1.807) is 22.6 Å². The summed E-state index contributed by atoms with van der Waals surface area (Å²) < 4.78 is 37.5. The maximum Gasteiger partial charge on any atom is 0.265 e. The van der Waals surface area contributed by atoms with Crippen LogP contribution in [0.1, 0.15) is 17.7 Å². The van der Waals surface area contributed by atoms with Crippen molar-refractivity contribution >= 4 is 34.2 Å². The van der Waals surface area contributed by atoms with Crippen molar-refractivity contribution in [1.29, 1.82) is 0 Å². The van der Waals surface area contributed by atoms with E-state index in [0.717, 1.165) is 6.07 Å². The fraction of sp³-hybridized carbons (Fsp3) is 0.286. The van der Waals surface area contributed by atoms with Gasteiger partial charge in [-0.1, -0.05) is 0 Å². The summed E-state index contributed by atoms with van der Waals surface area (Å²) >= 11 is 6.94. The van der Waals surface area contributed by atoms with Gasteiger partial charge in [-0.15, -0.1) is 11.6 Å². The molecular weight excluding hydrogens is 317 g/mol. The van der Waals surface area contributed by atoms with Gasteiger partial charge in [-0.2, -0.15) is 4.39 Å². The standard InChI is InChI=1S/C7H4ClF3IN/c8-2-5-3(6(9)10)1-4(12)7(11)13-5/h1,6H,2H2. The molecular formula is C7H4ClF3IN. The topological polar surface area (TPSA) is 12.9 Å². The zero-order valence-electron chi connectivity index (χ0n) is 6.20. The van der Waals surface area contributed by atoms with Crippen LogP contribution < -0.4 is 0 Å². The van der Waals surface area contributed by atoms with Gasteiger partial charge in [0, 0.05) is 5.56 Å². The smallest absolute Gasteiger partial charge is 0.222 e. The SMILES string of the molecule is Fc1nc(CCl)c(C(F)F)cc1I. The normalized spacial score (nSPS) is 10.9. The Morgan fingerprint density at radius 3 is 2.62 bits per heavy atom. The van der Waals surface area contributed by atoms with Gasteiger partial charge >= 0.3 is 0 Å².